The monoisotopic (exact) mass is 293 g/mol. The number of thioether (sulfide) groups is 1. The molecule has 1 aliphatic rings. The van der Waals surface area contributed by atoms with Crippen LogP contribution in [0.5, 0.6) is 0 Å². The van der Waals surface area contributed by atoms with Crippen LogP contribution in [0.15, 0.2) is 24.3 Å². The standard InChI is InChI=1S/C15H19NO3S/c1-15(9-2-10-20-15)14(19)16-12-6-3-11(4-7-12)5-8-13(17)18/h3-4,6-7H,2,5,8-10H2,1H3,(H,16,19)(H,17,18). The first-order chi connectivity index (χ1) is 9.49. The molecule has 0 radical (unpaired) electrons. The first-order valence-corrected chi connectivity index (χ1v) is 7.74. The number of hydrogen-bond acceptors (Lipinski definition) is 3. The molecule has 1 amide bonds. The summed E-state index contributed by atoms with van der Waals surface area (Å²) in [6.45, 7) is 1.99. The van der Waals surface area contributed by atoms with Gasteiger partial charge in [0.1, 0.15) is 0 Å². The van der Waals surface area contributed by atoms with E-state index in [1.165, 1.54) is 0 Å². The molecule has 2 rings (SSSR count). The summed E-state index contributed by atoms with van der Waals surface area (Å²) in [4.78, 5) is 22.7. The summed E-state index contributed by atoms with van der Waals surface area (Å²) in [5.74, 6) is 0.296. The van der Waals surface area contributed by atoms with Gasteiger partial charge < -0.3 is 10.4 Å². The minimum atomic E-state index is -0.798. The zero-order valence-electron chi connectivity index (χ0n) is 11.5. The van der Waals surface area contributed by atoms with Crippen molar-refractivity contribution in [2.45, 2.75) is 37.4 Å². The van der Waals surface area contributed by atoms with Crippen molar-refractivity contribution < 1.29 is 14.7 Å². The summed E-state index contributed by atoms with van der Waals surface area (Å²) in [7, 11) is 0. The molecule has 0 spiro atoms. The Labute approximate surface area is 123 Å². The number of hydrogen-bond donors (Lipinski definition) is 2. The highest BCUT2D eigenvalue weighted by Crippen LogP contribution is 2.38. The van der Waals surface area contributed by atoms with E-state index in [9.17, 15) is 9.59 Å². The molecule has 108 valence electrons. The number of carbonyl (C=O) groups excluding carboxylic acids is 1. The quantitative estimate of drug-likeness (QED) is 0.876. The van der Waals surface area contributed by atoms with Crippen LogP contribution in [0.25, 0.3) is 0 Å². The Morgan fingerprint density at radius 3 is 2.60 bits per heavy atom. The summed E-state index contributed by atoms with van der Waals surface area (Å²) >= 11 is 1.71. The SMILES string of the molecule is CC1(C(=O)Nc2ccc(CCC(=O)O)cc2)CCCS1. The van der Waals surface area contributed by atoms with Gasteiger partial charge >= 0.3 is 5.97 Å². The third-order valence-corrected chi connectivity index (χ3v) is 5.06. The molecule has 1 aromatic rings. The molecule has 0 bridgehead atoms. The van der Waals surface area contributed by atoms with Gasteiger partial charge in [0.05, 0.1) is 4.75 Å². The van der Waals surface area contributed by atoms with Gasteiger partial charge in [0.15, 0.2) is 0 Å². The maximum atomic E-state index is 12.2. The topological polar surface area (TPSA) is 66.4 Å². The predicted octanol–water partition coefficient (Wildman–Crippen LogP) is 2.93. The van der Waals surface area contributed by atoms with E-state index in [0.29, 0.717) is 6.42 Å². The van der Waals surface area contributed by atoms with Gasteiger partial charge in [-0.1, -0.05) is 12.1 Å². The lowest BCUT2D eigenvalue weighted by Gasteiger charge is -2.21. The summed E-state index contributed by atoms with van der Waals surface area (Å²) in [5.41, 5.74) is 1.73. The van der Waals surface area contributed by atoms with Crippen molar-refractivity contribution in [3.05, 3.63) is 29.8 Å². The fourth-order valence-electron chi connectivity index (χ4n) is 2.23. The first kappa shape index (κ1) is 14.9. The van der Waals surface area contributed by atoms with Gasteiger partial charge in [-0.2, -0.15) is 0 Å². The Morgan fingerprint density at radius 2 is 2.05 bits per heavy atom. The Balaban J connectivity index is 1.93. The predicted molar refractivity (Wildman–Crippen MR) is 81.1 cm³/mol. The van der Waals surface area contributed by atoms with Gasteiger partial charge in [0.2, 0.25) is 5.91 Å². The van der Waals surface area contributed by atoms with Crippen molar-refractivity contribution in [2.75, 3.05) is 11.1 Å². The van der Waals surface area contributed by atoms with Gasteiger partial charge in [-0.15, -0.1) is 11.8 Å². The van der Waals surface area contributed by atoms with Crippen molar-refractivity contribution >= 4 is 29.3 Å². The maximum Gasteiger partial charge on any atom is 0.303 e. The third kappa shape index (κ3) is 3.76. The molecule has 5 heteroatoms. The summed E-state index contributed by atoms with van der Waals surface area (Å²) in [6, 6.07) is 7.39. The normalized spacial score (nSPS) is 21.6. The summed E-state index contributed by atoms with van der Waals surface area (Å²) in [5, 5.41) is 11.6. The van der Waals surface area contributed by atoms with Crippen molar-refractivity contribution in [1.82, 2.24) is 0 Å². The Bertz CT molecular complexity index is 492. The van der Waals surface area contributed by atoms with E-state index in [1.54, 1.807) is 11.8 Å². The van der Waals surface area contributed by atoms with Crippen LogP contribution >= 0.6 is 11.8 Å². The number of benzene rings is 1. The molecule has 0 aromatic heterocycles. The molecule has 1 heterocycles. The highest BCUT2D eigenvalue weighted by atomic mass is 32.2. The molecular formula is C15H19NO3S. The Morgan fingerprint density at radius 1 is 1.35 bits per heavy atom. The van der Waals surface area contributed by atoms with Crippen molar-refractivity contribution in [3.63, 3.8) is 0 Å². The molecule has 1 aliphatic heterocycles. The number of amides is 1. The van der Waals surface area contributed by atoms with E-state index in [2.05, 4.69) is 5.32 Å². The number of rotatable bonds is 5. The van der Waals surface area contributed by atoms with Crippen LogP contribution in [0.2, 0.25) is 0 Å². The van der Waals surface area contributed by atoms with Crippen LogP contribution in [0.4, 0.5) is 5.69 Å². The lowest BCUT2D eigenvalue weighted by Crippen LogP contribution is -2.34. The second-order valence-corrected chi connectivity index (χ2v) is 6.83. The Hall–Kier alpha value is -1.49. The highest BCUT2D eigenvalue weighted by Gasteiger charge is 2.37. The molecular weight excluding hydrogens is 274 g/mol. The van der Waals surface area contributed by atoms with Crippen LogP contribution in [-0.4, -0.2) is 27.5 Å². The third-order valence-electron chi connectivity index (χ3n) is 3.54. The molecule has 0 aliphatic carbocycles. The summed E-state index contributed by atoms with van der Waals surface area (Å²) in [6.07, 6.45) is 2.64. The highest BCUT2D eigenvalue weighted by molar-refractivity contribution is 8.01. The molecule has 4 nitrogen and oxygen atoms in total. The molecule has 1 fully saturated rings. The van der Waals surface area contributed by atoms with Crippen LogP contribution in [0.3, 0.4) is 0 Å². The fraction of sp³-hybridized carbons (Fsp3) is 0.467. The second kappa shape index (κ2) is 6.31. The number of nitrogens with one attached hydrogen (secondary N) is 1. The second-order valence-electron chi connectivity index (χ2n) is 5.23. The number of carbonyl (C=O) groups is 2. The zero-order valence-corrected chi connectivity index (χ0v) is 12.3. The largest absolute Gasteiger partial charge is 0.481 e. The van der Waals surface area contributed by atoms with E-state index < -0.39 is 5.97 Å². The van der Waals surface area contributed by atoms with E-state index in [0.717, 1.165) is 29.8 Å². The lowest BCUT2D eigenvalue weighted by molar-refractivity contribution is -0.137. The van der Waals surface area contributed by atoms with E-state index in [-0.39, 0.29) is 17.1 Å². The van der Waals surface area contributed by atoms with Crippen LogP contribution < -0.4 is 5.32 Å². The van der Waals surface area contributed by atoms with Gasteiger partial charge in [0.25, 0.3) is 0 Å². The minimum Gasteiger partial charge on any atom is -0.481 e. The van der Waals surface area contributed by atoms with E-state index in [1.807, 2.05) is 31.2 Å². The molecule has 1 saturated heterocycles. The Kier molecular flexibility index (Phi) is 4.70. The molecule has 0 saturated carbocycles. The van der Waals surface area contributed by atoms with Gasteiger partial charge in [-0.3, -0.25) is 9.59 Å². The van der Waals surface area contributed by atoms with Gasteiger partial charge in [0, 0.05) is 12.1 Å². The van der Waals surface area contributed by atoms with Crippen LogP contribution in [0, 0.1) is 0 Å². The molecule has 1 atom stereocenters. The van der Waals surface area contributed by atoms with Crippen LogP contribution in [0.1, 0.15) is 31.7 Å². The lowest BCUT2D eigenvalue weighted by atomic mass is 10.0. The maximum absolute atomic E-state index is 12.2. The van der Waals surface area contributed by atoms with Gasteiger partial charge in [-0.05, 0) is 49.6 Å². The van der Waals surface area contributed by atoms with Crippen molar-refractivity contribution in [3.8, 4) is 0 Å². The molecule has 1 aromatic carbocycles. The molecule has 2 N–H and O–H groups in total. The van der Waals surface area contributed by atoms with E-state index in [4.69, 9.17) is 5.11 Å². The van der Waals surface area contributed by atoms with Crippen molar-refractivity contribution in [1.29, 1.82) is 0 Å². The number of aliphatic carboxylic acids is 1. The number of carboxylic acid groups (broad SMARTS) is 1. The number of carboxylic acids is 1. The average molecular weight is 293 g/mol. The first-order valence-electron chi connectivity index (χ1n) is 6.76. The van der Waals surface area contributed by atoms with E-state index >= 15 is 0 Å². The summed E-state index contributed by atoms with van der Waals surface area (Å²) < 4.78 is -0.317. The van der Waals surface area contributed by atoms with Gasteiger partial charge in [-0.25, -0.2) is 0 Å². The zero-order chi connectivity index (χ0) is 14.6. The minimum absolute atomic E-state index is 0.0540. The average Bonchev–Trinajstić information content (AvgIpc) is 2.86. The number of anilines is 1. The van der Waals surface area contributed by atoms with Crippen molar-refractivity contribution in [2.24, 2.45) is 0 Å². The van der Waals surface area contributed by atoms with Crippen LogP contribution in [-0.2, 0) is 16.0 Å². The fourth-order valence-corrected chi connectivity index (χ4v) is 3.44. The molecule has 20 heavy (non-hydrogen) atoms. The number of aryl methyl sites for hydroxylation is 1. The smallest absolute Gasteiger partial charge is 0.303 e. The molecule has 1 unspecified atom stereocenters.